The Morgan fingerprint density at radius 2 is 1.91 bits per heavy atom. The van der Waals surface area contributed by atoms with Crippen molar-refractivity contribution in [3.63, 3.8) is 0 Å². The van der Waals surface area contributed by atoms with E-state index >= 15 is 4.39 Å². The van der Waals surface area contributed by atoms with Crippen molar-refractivity contribution < 1.29 is 28.6 Å². The van der Waals surface area contributed by atoms with Crippen molar-refractivity contribution in [2.45, 2.75) is 0 Å². The minimum atomic E-state index is -0.685. The molecule has 0 saturated carbocycles. The van der Waals surface area contributed by atoms with Gasteiger partial charge in [0.1, 0.15) is 30.3 Å². The van der Waals surface area contributed by atoms with Gasteiger partial charge in [0, 0.05) is 43.7 Å². The van der Waals surface area contributed by atoms with Gasteiger partial charge in [-0.3, -0.25) is 9.59 Å². The molecule has 2 amide bonds. The quantitative estimate of drug-likeness (QED) is 0.315. The summed E-state index contributed by atoms with van der Waals surface area (Å²) in [6.07, 6.45) is 1.28. The fourth-order valence-electron chi connectivity index (χ4n) is 5.52. The first-order valence-electron chi connectivity index (χ1n) is 13.9. The zero-order chi connectivity index (χ0) is 30.1. The van der Waals surface area contributed by atoms with E-state index in [1.807, 2.05) is 29.2 Å². The Balaban J connectivity index is 1.42. The van der Waals surface area contributed by atoms with Crippen LogP contribution in [0.1, 0.15) is 0 Å². The molecule has 3 aromatic carbocycles. The number of carbonyl (C=O) groups excluding carboxylic acids is 2. The van der Waals surface area contributed by atoms with Crippen LogP contribution in [-0.4, -0.2) is 95.8 Å². The van der Waals surface area contributed by atoms with E-state index in [-0.39, 0.29) is 52.9 Å². The summed E-state index contributed by atoms with van der Waals surface area (Å²) < 4.78 is 27.7. The number of phenols is 1. The number of hydrogen-bond acceptors (Lipinski definition) is 8. The van der Waals surface area contributed by atoms with Gasteiger partial charge in [-0.1, -0.05) is 42.4 Å². The highest BCUT2D eigenvalue weighted by atomic mass is 35.5. The monoisotopic (exact) mass is 605 g/mol. The average molecular weight is 606 g/mol. The molecule has 10 nitrogen and oxygen atoms in total. The molecular formula is C31H29ClFN5O5. The zero-order valence-electron chi connectivity index (χ0n) is 23.3. The third-order valence-electron chi connectivity index (χ3n) is 7.70. The number of carbonyl (C=O) groups is 2. The van der Waals surface area contributed by atoms with E-state index in [2.05, 4.69) is 16.5 Å². The van der Waals surface area contributed by atoms with Crippen molar-refractivity contribution in [3.8, 4) is 22.9 Å². The van der Waals surface area contributed by atoms with E-state index in [4.69, 9.17) is 21.1 Å². The molecule has 1 aromatic heterocycles. The number of halogens is 2. The number of rotatable bonds is 7. The molecule has 2 aliphatic heterocycles. The minimum Gasteiger partial charge on any atom is -0.508 e. The highest BCUT2D eigenvalue weighted by Gasteiger charge is 2.27. The highest BCUT2D eigenvalue weighted by Crippen LogP contribution is 2.42. The van der Waals surface area contributed by atoms with Crippen LogP contribution in [0.3, 0.4) is 0 Å². The fourth-order valence-corrected chi connectivity index (χ4v) is 5.81. The third-order valence-corrected chi connectivity index (χ3v) is 8.00. The van der Waals surface area contributed by atoms with Gasteiger partial charge in [0.15, 0.2) is 5.82 Å². The second kappa shape index (κ2) is 12.0. The molecule has 1 N–H and O–H groups in total. The van der Waals surface area contributed by atoms with Crippen LogP contribution in [0.15, 0.2) is 55.1 Å². The lowest BCUT2D eigenvalue weighted by Gasteiger charge is -2.35. The van der Waals surface area contributed by atoms with Gasteiger partial charge in [0.2, 0.25) is 11.8 Å². The Morgan fingerprint density at radius 1 is 1.12 bits per heavy atom. The lowest BCUT2D eigenvalue weighted by atomic mass is 9.96. The Hall–Kier alpha value is -4.48. The zero-order valence-corrected chi connectivity index (χ0v) is 24.0. The second-order valence-electron chi connectivity index (χ2n) is 10.3. The Bertz CT molecular complexity index is 1740. The van der Waals surface area contributed by atoms with Crippen molar-refractivity contribution in [3.05, 3.63) is 66.0 Å². The first kappa shape index (κ1) is 28.6. The number of benzene rings is 3. The van der Waals surface area contributed by atoms with Gasteiger partial charge in [0.25, 0.3) is 0 Å². The molecule has 0 aliphatic carbocycles. The average Bonchev–Trinajstić information content (AvgIpc) is 3.01. The lowest BCUT2D eigenvalue weighted by Crippen LogP contribution is -2.48. The van der Waals surface area contributed by atoms with E-state index in [0.29, 0.717) is 68.0 Å². The molecule has 0 radical (unpaired) electrons. The van der Waals surface area contributed by atoms with Gasteiger partial charge in [-0.2, -0.15) is 9.97 Å². The lowest BCUT2D eigenvalue weighted by molar-refractivity contribution is -0.143. The topological polar surface area (TPSA) is 108 Å². The number of fused-ring (bicyclic) bond motifs is 2. The first-order chi connectivity index (χ1) is 20.8. The molecule has 0 bridgehead atoms. The molecule has 222 valence electrons. The number of aromatic hydroxyl groups is 1. The molecule has 6 rings (SSSR count). The Kier molecular flexibility index (Phi) is 8.00. The number of morpholine rings is 1. The van der Waals surface area contributed by atoms with Crippen molar-refractivity contribution in [2.75, 3.05) is 64.0 Å². The molecule has 12 heteroatoms. The van der Waals surface area contributed by atoms with Gasteiger partial charge < -0.3 is 29.3 Å². The van der Waals surface area contributed by atoms with Gasteiger partial charge in [-0.05, 0) is 40.6 Å². The summed E-state index contributed by atoms with van der Waals surface area (Å²) in [5, 5.41) is 12.4. The minimum absolute atomic E-state index is 0.00105. The summed E-state index contributed by atoms with van der Waals surface area (Å²) in [6.45, 7) is 6.60. The van der Waals surface area contributed by atoms with Crippen molar-refractivity contribution in [1.82, 2.24) is 19.8 Å². The maximum absolute atomic E-state index is 16.6. The number of nitrogens with zero attached hydrogens (tertiary/aromatic N) is 5. The number of amides is 2. The van der Waals surface area contributed by atoms with E-state index in [9.17, 15) is 14.7 Å². The van der Waals surface area contributed by atoms with Gasteiger partial charge in [-0.25, -0.2) is 4.39 Å². The normalized spacial score (nSPS) is 15.8. The molecule has 2 aliphatic rings. The van der Waals surface area contributed by atoms with Crippen LogP contribution < -0.4 is 9.64 Å². The third kappa shape index (κ3) is 5.65. The summed E-state index contributed by atoms with van der Waals surface area (Å²) in [4.78, 5) is 38.6. The number of piperazine rings is 1. The van der Waals surface area contributed by atoms with E-state index in [1.165, 1.54) is 12.1 Å². The Labute approximate surface area is 251 Å². The Morgan fingerprint density at radius 3 is 2.67 bits per heavy atom. The number of phenolic OH excluding ortho intramolecular Hbond substituents is 1. The molecule has 0 spiro atoms. The van der Waals surface area contributed by atoms with Crippen LogP contribution in [0.4, 0.5) is 10.2 Å². The standard InChI is InChI=1S/C31H29ClFN5O5/c1-2-25(40)36-7-9-38(10-8-36)30-23-17-24(32)27(22-16-20(39)15-19-5-3-4-6-21(19)22)28(33)29(23)34-31(35-30)43-14-12-37-11-13-42-18-26(37)41/h2-6,15-17,39H,1,7-14,18H2. The number of anilines is 1. The highest BCUT2D eigenvalue weighted by molar-refractivity contribution is 6.35. The summed E-state index contributed by atoms with van der Waals surface area (Å²) in [5.41, 5.74) is 0.515. The molecule has 2 fully saturated rings. The molecule has 0 atom stereocenters. The molecule has 2 saturated heterocycles. The number of aromatic nitrogens is 2. The van der Waals surface area contributed by atoms with Crippen LogP contribution in [0, 0.1) is 5.82 Å². The number of ether oxygens (including phenoxy) is 2. The largest absolute Gasteiger partial charge is 0.508 e. The van der Waals surface area contributed by atoms with Gasteiger partial charge in [-0.15, -0.1) is 0 Å². The van der Waals surface area contributed by atoms with Crippen molar-refractivity contribution in [1.29, 1.82) is 0 Å². The summed E-state index contributed by atoms with van der Waals surface area (Å²) >= 11 is 6.77. The summed E-state index contributed by atoms with van der Waals surface area (Å²) in [7, 11) is 0. The predicted octanol–water partition coefficient (Wildman–Crippen LogP) is 4.02. The molecule has 4 aromatic rings. The summed E-state index contributed by atoms with van der Waals surface area (Å²) in [6, 6.07) is 12.0. The fraction of sp³-hybridized carbons (Fsp3) is 0.290. The SMILES string of the molecule is C=CC(=O)N1CCN(c2nc(OCCN3CCOCC3=O)nc3c(F)c(-c4cc(O)cc5ccccc45)c(Cl)cc23)CC1. The summed E-state index contributed by atoms with van der Waals surface area (Å²) in [5.74, 6) is -0.588. The van der Waals surface area contributed by atoms with Crippen LogP contribution in [0.25, 0.3) is 32.8 Å². The maximum Gasteiger partial charge on any atom is 0.319 e. The predicted molar refractivity (Wildman–Crippen MR) is 161 cm³/mol. The van der Waals surface area contributed by atoms with E-state index in [1.54, 1.807) is 21.9 Å². The van der Waals surface area contributed by atoms with Crippen LogP contribution in [0.5, 0.6) is 11.8 Å². The van der Waals surface area contributed by atoms with Crippen LogP contribution in [0.2, 0.25) is 5.02 Å². The van der Waals surface area contributed by atoms with Gasteiger partial charge >= 0.3 is 6.01 Å². The second-order valence-corrected chi connectivity index (χ2v) is 10.7. The smallest absolute Gasteiger partial charge is 0.319 e. The van der Waals surface area contributed by atoms with Crippen LogP contribution >= 0.6 is 11.6 Å². The number of hydrogen-bond donors (Lipinski definition) is 1. The van der Waals surface area contributed by atoms with Gasteiger partial charge in [0.05, 0.1) is 18.2 Å². The van der Waals surface area contributed by atoms with Crippen molar-refractivity contribution in [2.24, 2.45) is 0 Å². The van der Waals surface area contributed by atoms with Crippen molar-refractivity contribution >= 4 is 50.9 Å². The maximum atomic E-state index is 16.6. The molecule has 43 heavy (non-hydrogen) atoms. The van der Waals surface area contributed by atoms with E-state index < -0.39 is 5.82 Å². The molecule has 0 unspecified atom stereocenters. The molecule has 3 heterocycles. The first-order valence-corrected chi connectivity index (χ1v) is 14.3. The van der Waals surface area contributed by atoms with E-state index in [0.717, 1.165) is 5.39 Å². The van der Waals surface area contributed by atoms with Crippen LogP contribution in [-0.2, 0) is 14.3 Å². The molecular weight excluding hydrogens is 577 g/mol.